The fourth-order valence-corrected chi connectivity index (χ4v) is 3.38. The Labute approximate surface area is 167 Å². The first kappa shape index (κ1) is 20.9. The second-order valence-electron chi connectivity index (χ2n) is 5.79. The summed E-state index contributed by atoms with van der Waals surface area (Å²) in [4.78, 5) is 37.4. The van der Waals surface area contributed by atoms with Gasteiger partial charge in [0.1, 0.15) is 0 Å². The van der Waals surface area contributed by atoms with E-state index >= 15 is 0 Å². The second-order valence-corrected chi connectivity index (χ2v) is 6.63. The molecule has 0 aliphatic carbocycles. The molecule has 0 saturated carbocycles. The summed E-state index contributed by atoms with van der Waals surface area (Å²) >= 11 is 12.2. The zero-order valence-corrected chi connectivity index (χ0v) is 16.3. The number of ketones is 1. The highest BCUT2D eigenvalue weighted by molar-refractivity contribution is 6.35. The lowest BCUT2D eigenvalue weighted by molar-refractivity contribution is -0.159. The van der Waals surface area contributed by atoms with E-state index in [9.17, 15) is 14.4 Å². The van der Waals surface area contributed by atoms with Crippen LogP contribution in [0.2, 0.25) is 10.0 Å². The van der Waals surface area contributed by atoms with Crippen LogP contribution in [0.4, 0.5) is 0 Å². The first-order valence-corrected chi connectivity index (χ1v) is 8.83. The van der Waals surface area contributed by atoms with Crippen molar-refractivity contribution in [3.05, 3.63) is 69.7 Å². The number of hydrogen-bond acceptors (Lipinski definition) is 5. The lowest BCUT2D eigenvalue weighted by atomic mass is 9.81. The van der Waals surface area contributed by atoms with E-state index in [1.165, 1.54) is 6.07 Å². The Kier molecular flexibility index (Phi) is 7.39. The van der Waals surface area contributed by atoms with Crippen molar-refractivity contribution in [1.82, 2.24) is 0 Å². The van der Waals surface area contributed by atoms with E-state index in [4.69, 9.17) is 32.7 Å². The SMILES string of the molecule is COC(=O)C(C(=O)OC)[C@H](CC(=O)c1ccccc1)c1ccc(Cl)cc1Cl. The van der Waals surface area contributed by atoms with E-state index in [0.29, 0.717) is 16.1 Å². The number of rotatable bonds is 7. The number of carbonyl (C=O) groups excluding carboxylic acids is 3. The molecule has 142 valence electrons. The van der Waals surface area contributed by atoms with Gasteiger partial charge in [0.25, 0.3) is 0 Å². The highest BCUT2D eigenvalue weighted by Crippen LogP contribution is 2.37. The lowest BCUT2D eigenvalue weighted by Crippen LogP contribution is -2.33. The molecule has 0 bridgehead atoms. The number of ether oxygens (including phenoxy) is 2. The average Bonchev–Trinajstić information content (AvgIpc) is 2.67. The van der Waals surface area contributed by atoms with E-state index in [0.717, 1.165) is 14.2 Å². The van der Waals surface area contributed by atoms with Crippen LogP contribution in [-0.4, -0.2) is 31.9 Å². The quantitative estimate of drug-likeness (QED) is 0.387. The van der Waals surface area contributed by atoms with Crippen molar-refractivity contribution >= 4 is 40.9 Å². The molecule has 5 nitrogen and oxygen atoms in total. The maximum absolute atomic E-state index is 12.8. The number of esters is 2. The summed E-state index contributed by atoms with van der Waals surface area (Å²) in [6.07, 6.45) is -0.139. The third kappa shape index (κ3) is 5.08. The van der Waals surface area contributed by atoms with E-state index in [1.54, 1.807) is 42.5 Å². The van der Waals surface area contributed by atoms with Crippen LogP contribution in [0.15, 0.2) is 48.5 Å². The number of carbonyl (C=O) groups is 3. The molecule has 0 heterocycles. The fourth-order valence-electron chi connectivity index (χ4n) is 2.83. The summed E-state index contributed by atoms with van der Waals surface area (Å²) in [5.41, 5.74) is 0.896. The summed E-state index contributed by atoms with van der Waals surface area (Å²) in [6.45, 7) is 0. The largest absolute Gasteiger partial charge is 0.468 e. The van der Waals surface area contributed by atoms with Gasteiger partial charge in [0, 0.05) is 27.9 Å². The van der Waals surface area contributed by atoms with Gasteiger partial charge in [-0.15, -0.1) is 0 Å². The van der Waals surface area contributed by atoms with Crippen LogP contribution in [0.3, 0.4) is 0 Å². The predicted molar refractivity (Wildman–Crippen MR) is 102 cm³/mol. The van der Waals surface area contributed by atoms with Crippen LogP contribution in [0.25, 0.3) is 0 Å². The van der Waals surface area contributed by atoms with Gasteiger partial charge < -0.3 is 9.47 Å². The van der Waals surface area contributed by atoms with Crippen LogP contribution in [-0.2, 0) is 19.1 Å². The molecule has 27 heavy (non-hydrogen) atoms. The zero-order valence-electron chi connectivity index (χ0n) is 14.8. The number of methoxy groups -OCH3 is 2. The Morgan fingerprint density at radius 1 is 0.926 bits per heavy atom. The van der Waals surface area contributed by atoms with Gasteiger partial charge in [-0.05, 0) is 17.7 Å². The van der Waals surface area contributed by atoms with Crippen LogP contribution >= 0.6 is 23.2 Å². The number of Topliss-reactive ketones (excluding diaryl/α,β-unsaturated/α-hetero) is 1. The Morgan fingerprint density at radius 3 is 2.04 bits per heavy atom. The minimum Gasteiger partial charge on any atom is -0.468 e. The Bertz CT molecular complexity index is 820. The third-order valence-electron chi connectivity index (χ3n) is 4.18. The number of hydrogen-bond donors (Lipinski definition) is 0. The normalized spacial score (nSPS) is 11.7. The minimum absolute atomic E-state index is 0.139. The van der Waals surface area contributed by atoms with Gasteiger partial charge in [0.15, 0.2) is 11.7 Å². The van der Waals surface area contributed by atoms with Gasteiger partial charge in [-0.25, -0.2) is 0 Å². The monoisotopic (exact) mass is 408 g/mol. The lowest BCUT2D eigenvalue weighted by Gasteiger charge is -2.24. The Morgan fingerprint density at radius 2 is 1.52 bits per heavy atom. The van der Waals surface area contributed by atoms with Crippen molar-refractivity contribution in [1.29, 1.82) is 0 Å². The molecule has 0 unspecified atom stereocenters. The maximum Gasteiger partial charge on any atom is 0.320 e. The van der Waals surface area contributed by atoms with Gasteiger partial charge in [0.05, 0.1) is 14.2 Å². The van der Waals surface area contributed by atoms with Gasteiger partial charge in [-0.1, -0.05) is 59.6 Å². The van der Waals surface area contributed by atoms with Crippen LogP contribution in [0, 0.1) is 5.92 Å². The molecule has 0 aliphatic rings. The Balaban J connectivity index is 2.51. The Hall–Kier alpha value is -2.37. The summed E-state index contributed by atoms with van der Waals surface area (Å²) < 4.78 is 9.54. The number of halogens is 2. The fraction of sp³-hybridized carbons (Fsp3) is 0.250. The van der Waals surface area contributed by atoms with Crippen LogP contribution in [0.1, 0.15) is 28.3 Å². The molecule has 0 aromatic heterocycles. The average molecular weight is 409 g/mol. The molecule has 0 saturated heterocycles. The van der Waals surface area contributed by atoms with Crippen molar-refractivity contribution in [3.8, 4) is 0 Å². The van der Waals surface area contributed by atoms with Crippen molar-refractivity contribution in [2.75, 3.05) is 14.2 Å². The van der Waals surface area contributed by atoms with E-state index in [2.05, 4.69) is 0 Å². The van der Waals surface area contributed by atoms with Gasteiger partial charge in [-0.2, -0.15) is 0 Å². The molecule has 2 rings (SSSR count). The van der Waals surface area contributed by atoms with E-state index in [-0.39, 0.29) is 17.2 Å². The zero-order chi connectivity index (χ0) is 20.0. The molecule has 0 spiro atoms. The van der Waals surface area contributed by atoms with Crippen molar-refractivity contribution in [3.63, 3.8) is 0 Å². The predicted octanol–water partition coefficient (Wildman–Crippen LogP) is 4.31. The molecule has 0 aliphatic heterocycles. The summed E-state index contributed by atoms with van der Waals surface area (Å²) in [5.74, 6) is -4.07. The highest BCUT2D eigenvalue weighted by Gasteiger charge is 2.40. The standard InChI is InChI=1S/C20H18Cl2O5/c1-26-19(24)18(20(25)27-2)15(14-9-8-13(21)10-16(14)22)11-17(23)12-6-4-3-5-7-12/h3-10,15,18H,11H2,1-2H3/t15-/m1/s1. The van der Waals surface area contributed by atoms with Crippen molar-refractivity contribution in [2.24, 2.45) is 5.92 Å². The van der Waals surface area contributed by atoms with Crippen molar-refractivity contribution in [2.45, 2.75) is 12.3 Å². The maximum atomic E-state index is 12.8. The van der Waals surface area contributed by atoms with Crippen LogP contribution < -0.4 is 0 Å². The molecular formula is C20H18Cl2O5. The van der Waals surface area contributed by atoms with Gasteiger partial charge in [0.2, 0.25) is 0 Å². The molecule has 2 aromatic rings. The molecular weight excluding hydrogens is 391 g/mol. The molecule has 2 aromatic carbocycles. The molecule has 0 radical (unpaired) electrons. The van der Waals surface area contributed by atoms with E-state index < -0.39 is 23.8 Å². The molecule has 0 fully saturated rings. The minimum atomic E-state index is -1.34. The summed E-state index contributed by atoms with van der Waals surface area (Å²) in [5, 5.41) is 0.635. The van der Waals surface area contributed by atoms with E-state index in [1.807, 2.05) is 0 Å². The molecule has 0 amide bonds. The molecule has 0 N–H and O–H groups in total. The van der Waals surface area contributed by atoms with Gasteiger partial charge in [-0.3, -0.25) is 14.4 Å². The third-order valence-corrected chi connectivity index (χ3v) is 4.74. The first-order valence-electron chi connectivity index (χ1n) is 8.07. The van der Waals surface area contributed by atoms with Crippen molar-refractivity contribution < 1.29 is 23.9 Å². The first-order chi connectivity index (χ1) is 12.9. The summed E-state index contributed by atoms with van der Waals surface area (Å²) in [6, 6.07) is 13.2. The number of benzene rings is 2. The second kappa shape index (κ2) is 9.53. The highest BCUT2D eigenvalue weighted by atomic mass is 35.5. The molecule has 7 heteroatoms. The smallest absolute Gasteiger partial charge is 0.320 e. The topological polar surface area (TPSA) is 69.7 Å². The molecule has 1 atom stereocenters. The summed E-state index contributed by atoms with van der Waals surface area (Å²) in [7, 11) is 2.33. The van der Waals surface area contributed by atoms with Gasteiger partial charge >= 0.3 is 11.9 Å². The van der Waals surface area contributed by atoms with Crippen LogP contribution in [0.5, 0.6) is 0 Å².